The van der Waals surface area contributed by atoms with Crippen molar-refractivity contribution < 1.29 is 23.2 Å². The minimum Gasteiger partial charge on any atom is -0.461 e. The second kappa shape index (κ2) is 6.75. The smallest absolute Gasteiger partial charge is 0.240 e. The molecule has 0 bridgehead atoms. The normalized spacial score (nSPS) is 25.7. The van der Waals surface area contributed by atoms with Gasteiger partial charge in [-0.3, -0.25) is 14.4 Å². The predicted octanol–water partition coefficient (Wildman–Crippen LogP) is 3.82. The molecule has 158 valence electrons. The van der Waals surface area contributed by atoms with E-state index in [0.29, 0.717) is 0 Å². The zero-order valence-corrected chi connectivity index (χ0v) is 16.7. The number of hydrogen-bond acceptors (Lipinski definition) is 5. The van der Waals surface area contributed by atoms with Gasteiger partial charge in [0.25, 0.3) is 0 Å². The van der Waals surface area contributed by atoms with Crippen LogP contribution in [0.4, 0.5) is 10.1 Å². The molecule has 7 heteroatoms. The van der Waals surface area contributed by atoms with Crippen LogP contribution in [0.25, 0.3) is 6.08 Å². The highest BCUT2D eigenvalue weighted by Gasteiger charge is 2.65. The first kappa shape index (κ1) is 18.7. The Labute approximate surface area is 182 Å². The van der Waals surface area contributed by atoms with Crippen molar-refractivity contribution in [3.05, 3.63) is 95.8 Å². The highest BCUT2D eigenvalue weighted by atomic mass is 19.1. The van der Waals surface area contributed by atoms with Gasteiger partial charge in [-0.25, -0.2) is 9.29 Å². The molecule has 3 aromatic rings. The maximum Gasteiger partial charge on any atom is 0.240 e. The van der Waals surface area contributed by atoms with Crippen LogP contribution in [-0.2, 0) is 9.59 Å². The van der Waals surface area contributed by atoms with Crippen molar-refractivity contribution in [3.8, 4) is 0 Å². The molecule has 4 heterocycles. The Kier molecular flexibility index (Phi) is 3.95. The first-order chi connectivity index (χ1) is 15.6. The van der Waals surface area contributed by atoms with Gasteiger partial charge in [-0.2, -0.15) is 0 Å². The second-order valence-electron chi connectivity index (χ2n) is 8.14. The molecule has 2 aromatic carbocycles. The molecular weight excluding hydrogens is 411 g/mol. The van der Waals surface area contributed by atoms with Gasteiger partial charge in [0.2, 0.25) is 17.6 Å². The molecule has 4 atom stereocenters. The monoisotopic (exact) mass is 428 g/mol. The fourth-order valence-electron chi connectivity index (χ4n) is 5.29. The topological polar surface area (TPSA) is 70.8 Å². The molecular formula is C25H17FN2O4. The molecule has 0 spiro atoms. The van der Waals surface area contributed by atoms with E-state index >= 15 is 0 Å². The molecule has 3 aliphatic heterocycles. The van der Waals surface area contributed by atoms with Gasteiger partial charge in [-0.1, -0.05) is 36.4 Å². The van der Waals surface area contributed by atoms with Crippen LogP contribution in [0.1, 0.15) is 27.7 Å². The highest BCUT2D eigenvalue weighted by molar-refractivity contribution is 6.24. The number of benzene rings is 2. The molecule has 2 saturated heterocycles. The minimum atomic E-state index is -0.958. The number of nitrogens with zero attached hydrogens (tertiary/aromatic N) is 2. The number of ketones is 1. The van der Waals surface area contributed by atoms with Gasteiger partial charge in [0.15, 0.2) is 5.76 Å². The Morgan fingerprint density at radius 3 is 2.44 bits per heavy atom. The van der Waals surface area contributed by atoms with Gasteiger partial charge in [0, 0.05) is 6.20 Å². The number of carbonyl (C=O) groups excluding carboxylic acids is 3. The van der Waals surface area contributed by atoms with E-state index in [1.165, 1.54) is 24.5 Å². The molecule has 2 fully saturated rings. The molecule has 3 aliphatic rings. The summed E-state index contributed by atoms with van der Waals surface area (Å²) in [6.45, 7) is 0. The third-order valence-electron chi connectivity index (χ3n) is 6.59. The van der Waals surface area contributed by atoms with Crippen molar-refractivity contribution in [3.63, 3.8) is 0 Å². The van der Waals surface area contributed by atoms with Crippen molar-refractivity contribution in [1.82, 2.24) is 4.90 Å². The Balaban J connectivity index is 1.52. The summed E-state index contributed by atoms with van der Waals surface area (Å²) < 4.78 is 19.9. The number of hydrogen-bond donors (Lipinski definition) is 0. The molecule has 6 rings (SSSR count). The lowest BCUT2D eigenvalue weighted by Gasteiger charge is -2.35. The Morgan fingerprint density at radius 1 is 0.906 bits per heavy atom. The fraction of sp³-hybridized carbons (Fsp3) is 0.160. The van der Waals surface area contributed by atoms with Crippen LogP contribution >= 0.6 is 0 Å². The van der Waals surface area contributed by atoms with Crippen molar-refractivity contribution in [2.75, 3.05) is 4.90 Å². The largest absolute Gasteiger partial charge is 0.461 e. The van der Waals surface area contributed by atoms with Gasteiger partial charge in [0.05, 0.1) is 29.8 Å². The highest BCUT2D eigenvalue weighted by Crippen LogP contribution is 2.53. The van der Waals surface area contributed by atoms with E-state index in [1.807, 2.05) is 30.3 Å². The van der Waals surface area contributed by atoms with E-state index < -0.39 is 41.6 Å². The zero-order chi connectivity index (χ0) is 22.0. The number of imide groups is 1. The maximum absolute atomic E-state index is 14.6. The average Bonchev–Trinajstić information content (AvgIpc) is 3.51. The summed E-state index contributed by atoms with van der Waals surface area (Å²) in [7, 11) is 0. The van der Waals surface area contributed by atoms with Crippen molar-refractivity contribution in [2.45, 2.75) is 12.1 Å². The van der Waals surface area contributed by atoms with E-state index in [-0.39, 0.29) is 17.2 Å². The Bertz CT molecular complexity index is 1300. The summed E-state index contributed by atoms with van der Waals surface area (Å²) in [4.78, 5) is 43.4. The van der Waals surface area contributed by atoms with Gasteiger partial charge in [0.1, 0.15) is 11.9 Å². The Morgan fingerprint density at radius 2 is 1.66 bits per heavy atom. The van der Waals surface area contributed by atoms with Crippen LogP contribution in [0.2, 0.25) is 0 Å². The molecule has 4 unspecified atom stereocenters. The molecule has 2 amide bonds. The zero-order valence-electron chi connectivity index (χ0n) is 16.7. The first-order valence-corrected chi connectivity index (χ1v) is 10.3. The summed E-state index contributed by atoms with van der Waals surface area (Å²) in [5.74, 6) is -3.78. The number of carbonyl (C=O) groups is 3. The second-order valence-corrected chi connectivity index (χ2v) is 8.14. The van der Waals surface area contributed by atoms with Crippen molar-refractivity contribution in [1.29, 1.82) is 0 Å². The summed E-state index contributed by atoms with van der Waals surface area (Å²) >= 11 is 0. The molecule has 0 saturated carbocycles. The van der Waals surface area contributed by atoms with E-state index in [9.17, 15) is 18.8 Å². The number of fused-ring (bicyclic) bond motifs is 5. The Hall–Kier alpha value is -4.00. The van der Waals surface area contributed by atoms with Crippen LogP contribution in [-0.4, -0.2) is 28.5 Å². The fourth-order valence-corrected chi connectivity index (χ4v) is 5.29. The number of amides is 2. The van der Waals surface area contributed by atoms with Crippen LogP contribution in [0.5, 0.6) is 0 Å². The summed E-state index contributed by atoms with van der Waals surface area (Å²) in [6.07, 6.45) is 5.04. The maximum atomic E-state index is 14.6. The minimum absolute atomic E-state index is 0.0905. The van der Waals surface area contributed by atoms with Crippen LogP contribution in [0.3, 0.4) is 0 Å². The predicted molar refractivity (Wildman–Crippen MR) is 113 cm³/mol. The third-order valence-corrected chi connectivity index (χ3v) is 6.59. The van der Waals surface area contributed by atoms with Gasteiger partial charge >= 0.3 is 0 Å². The standard InChI is InChI=1S/C25H17FN2O4/c26-16-8-3-4-9-17(16)28-24(30)19-20(25(28)31)22(23(29)18-10-5-13-32-18)27-12-11-14-6-1-2-7-15(14)21(19)27/h1-13,19-22H. The van der Waals surface area contributed by atoms with E-state index in [0.717, 1.165) is 16.0 Å². The molecule has 32 heavy (non-hydrogen) atoms. The van der Waals surface area contributed by atoms with Crippen LogP contribution in [0, 0.1) is 17.7 Å². The lowest BCUT2D eigenvalue weighted by atomic mass is 9.84. The molecule has 1 aromatic heterocycles. The van der Waals surface area contributed by atoms with Gasteiger partial charge < -0.3 is 9.32 Å². The molecule has 6 nitrogen and oxygen atoms in total. The average molecular weight is 428 g/mol. The van der Waals surface area contributed by atoms with Crippen LogP contribution in [0.15, 0.2) is 77.5 Å². The SMILES string of the molecule is O=C(c1ccco1)C1C2C(=O)N(c3ccccc3F)C(=O)C2C2c3ccccc3C=CN12. The molecule has 0 N–H and O–H groups in total. The van der Waals surface area contributed by atoms with Crippen molar-refractivity contribution >= 4 is 29.4 Å². The summed E-state index contributed by atoms with van der Waals surface area (Å²) in [6, 6.07) is 15.0. The lowest BCUT2D eigenvalue weighted by Crippen LogP contribution is -2.44. The summed E-state index contributed by atoms with van der Waals surface area (Å²) in [5.41, 5.74) is 1.69. The summed E-state index contributed by atoms with van der Waals surface area (Å²) in [5, 5.41) is 0. The van der Waals surface area contributed by atoms with Crippen LogP contribution < -0.4 is 4.90 Å². The van der Waals surface area contributed by atoms with E-state index in [1.54, 1.807) is 29.3 Å². The number of para-hydroxylation sites is 1. The van der Waals surface area contributed by atoms with E-state index in [4.69, 9.17) is 4.42 Å². The third kappa shape index (κ3) is 2.42. The van der Waals surface area contributed by atoms with Gasteiger partial charge in [-0.15, -0.1) is 0 Å². The number of furan rings is 1. The number of halogens is 1. The van der Waals surface area contributed by atoms with Gasteiger partial charge in [-0.05, 0) is 41.5 Å². The first-order valence-electron chi connectivity index (χ1n) is 10.3. The number of anilines is 1. The number of Topliss-reactive ketones (excluding diaryl/α,β-unsaturated/α-hetero) is 1. The number of rotatable bonds is 3. The lowest BCUT2D eigenvalue weighted by molar-refractivity contribution is -0.123. The van der Waals surface area contributed by atoms with E-state index in [2.05, 4.69) is 0 Å². The molecule has 0 aliphatic carbocycles. The van der Waals surface area contributed by atoms with Crippen molar-refractivity contribution in [2.24, 2.45) is 11.8 Å². The molecule has 0 radical (unpaired) electrons. The quantitative estimate of drug-likeness (QED) is 0.469.